The number of anilines is 1. The Hall–Kier alpha value is -0.510. The van der Waals surface area contributed by atoms with Gasteiger partial charge in [0.15, 0.2) is 5.82 Å². The second kappa shape index (κ2) is 3.05. The van der Waals surface area contributed by atoms with Crippen molar-refractivity contribution in [1.29, 1.82) is 0 Å². The molecule has 1 aromatic rings. The van der Waals surface area contributed by atoms with Crippen molar-refractivity contribution in [2.45, 2.75) is 19.8 Å². The molecular weight excluding hydrogens is 194 g/mol. The van der Waals surface area contributed by atoms with Gasteiger partial charge in [-0.1, -0.05) is 13.3 Å². The van der Waals surface area contributed by atoms with Gasteiger partial charge in [-0.25, -0.2) is 0 Å². The van der Waals surface area contributed by atoms with Crippen LogP contribution in [0, 0.1) is 0 Å². The summed E-state index contributed by atoms with van der Waals surface area (Å²) in [5.74, 6) is 0.545. The number of rotatable bonds is 2. The van der Waals surface area contributed by atoms with Crippen molar-refractivity contribution >= 4 is 21.7 Å². The minimum atomic E-state index is 0.545. The van der Waals surface area contributed by atoms with E-state index in [1.807, 2.05) is 0 Å². The fourth-order valence-electron chi connectivity index (χ4n) is 0.796. The van der Waals surface area contributed by atoms with Crippen LogP contribution in [0.15, 0.2) is 4.47 Å². The quantitative estimate of drug-likeness (QED) is 0.770. The summed E-state index contributed by atoms with van der Waals surface area (Å²) in [5.41, 5.74) is 6.57. The van der Waals surface area contributed by atoms with Crippen LogP contribution in [-0.4, -0.2) is 10.2 Å². The third-order valence-corrected chi connectivity index (χ3v) is 2.19. The Labute approximate surface area is 68.1 Å². The summed E-state index contributed by atoms with van der Waals surface area (Å²) in [7, 11) is 0. The Kier molecular flexibility index (Phi) is 2.32. The van der Waals surface area contributed by atoms with Crippen molar-refractivity contribution in [3.63, 3.8) is 0 Å². The summed E-state index contributed by atoms with van der Waals surface area (Å²) in [6.07, 6.45) is 2.09. The molecule has 10 heavy (non-hydrogen) atoms. The van der Waals surface area contributed by atoms with Crippen LogP contribution in [0.3, 0.4) is 0 Å². The normalized spacial score (nSPS) is 10.2. The molecule has 0 aliphatic heterocycles. The first kappa shape index (κ1) is 7.60. The number of aryl methyl sites for hydroxylation is 1. The summed E-state index contributed by atoms with van der Waals surface area (Å²) >= 11 is 3.33. The zero-order valence-corrected chi connectivity index (χ0v) is 7.40. The van der Waals surface area contributed by atoms with Crippen molar-refractivity contribution in [2.24, 2.45) is 0 Å². The standard InChI is InChI=1S/C6H10BrN3/c1-2-3-4-5(7)6(8)10-9-4/h2-3H2,1H3,(H3,8,9,10). The molecule has 0 saturated heterocycles. The maximum atomic E-state index is 5.48. The summed E-state index contributed by atoms with van der Waals surface area (Å²) in [6.45, 7) is 2.11. The van der Waals surface area contributed by atoms with Gasteiger partial charge in [0.1, 0.15) is 0 Å². The summed E-state index contributed by atoms with van der Waals surface area (Å²) in [6, 6.07) is 0. The van der Waals surface area contributed by atoms with Crippen molar-refractivity contribution in [2.75, 3.05) is 5.73 Å². The molecule has 3 N–H and O–H groups in total. The molecule has 3 nitrogen and oxygen atoms in total. The molecule has 0 unspecified atom stereocenters. The highest BCUT2D eigenvalue weighted by Gasteiger charge is 2.04. The van der Waals surface area contributed by atoms with E-state index in [1.54, 1.807) is 0 Å². The number of nitrogens with two attached hydrogens (primary N) is 1. The fourth-order valence-corrected chi connectivity index (χ4v) is 1.17. The van der Waals surface area contributed by atoms with E-state index < -0.39 is 0 Å². The lowest BCUT2D eigenvalue weighted by Crippen LogP contribution is -1.84. The Balaban J connectivity index is 2.83. The highest BCUT2D eigenvalue weighted by molar-refractivity contribution is 9.10. The number of nitrogens with zero attached hydrogens (tertiary/aromatic N) is 1. The van der Waals surface area contributed by atoms with Crippen LogP contribution in [0.4, 0.5) is 5.82 Å². The third-order valence-electron chi connectivity index (χ3n) is 1.30. The van der Waals surface area contributed by atoms with Crippen molar-refractivity contribution in [3.05, 3.63) is 10.2 Å². The van der Waals surface area contributed by atoms with Gasteiger partial charge in [-0.3, -0.25) is 5.10 Å². The number of nitrogen functional groups attached to an aromatic ring is 1. The largest absolute Gasteiger partial charge is 0.381 e. The molecule has 0 fully saturated rings. The van der Waals surface area contributed by atoms with Gasteiger partial charge in [-0.05, 0) is 22.4 Å². The maximum Gasteiger partial charge on any atom is 0.159 e. The maximum absolute atomic E-state index is 5.48. The summed E-state index contributed by atoms with van der Waals surface area (Å²) < 4.78 is 0.911. The smallest absolute Gasteiger partial charge is 0.159 e. The molecule has 0 saturated carbocycles. The van der Waals surface area contributed by atoms with Crippen LogP contribution in [0.25, 0.3) is 0 Å². The van der Waals surface area contributed by atoms with E-state index in [1.165, 1.54) is 0 Å². The minimum Gasteiger partial charge on any atom is -0.381 e. The van der Waals surface area contributed by atoms with Gasteiger partial charge in [-0.2, -0.15) is 5.10 Å². The Morgan fingerprint density at radius 2 is 2.40 bits per heavy atom. The molecule has 0 aromatic carbocycles. The Morgan fingerprint density at radius 3 is 2.80 bits per heavy atom. The molecule has 1 heterocycles. The van der Waals surface area contributed by atoms with E-state index in [-0.39, 0.29) is 0 Å². The predicted octanol–water partition coefficient (Wildman–Crippen LogP) is 1.71. The fraction of sp³-hybridized carbons (Fsp3) is 0.500. The monoisotopic (exact) mass is 203 g/mol. The SMILES string of the molecule is CCCc1[nH]nc(N)c1Br. The van der Waals surface area contributed by atoms with E-state index in [4.69, 9.17) is 5.73 Å². The molecule has 0 spiro atoms. The summed E-state index contributed by atoms with van der Waals surface area (Å²) in [4.78, 5) is 0. The Bertz CT molecular complexity index is 219. The molecule has 0 radical (unpaired) electrons. The predicted molar refractivity (Wildman–Crippen MR) is 44.7 cm³/mol. The van der Waals surface area contributed by atoms with E-state index in [9.17, 15) is 0 Å². The van der Waals surface area contributed by atoms with Crippen molar-refractivity contribution in [1.82, 2.24) is 10.2 Å². The van der Waals surface area contributed by atoms with Gasteiger partial charge < -0.3 is 5.73 Å². The zero-order valence-electron chi connectivity index (χ0n) is 5.82. The van der Waals surface area contributed by atoms with Gasteiger partial charge in [0.25, 0.3) is 0 Å². The number of halogens is 1. The van der Waals surface area contributed by atoms with Crippen molar-refractivity contribution < 1.29 is 0 Å². The van der Waals surface area contributed by atoms with Crippen LogP contribution in [-0.2, 0) is 6.42 Å². The molecule has 1 rings (SSSR count). The van der Waals surface area contributed by atoms with Crippen LogP contribution in [0.2, 0.25) is 0 Å². The lowest BCUT2D eigenvalue weighted by molar-refractivity contribution is 0.864. The number of hydrogen-bond donors (Lipinski definition) is 2. The first-order chi connectivity index (χ1) is 4.75. The van der Waals surface area contributed by atoms with Crippen LogP contribution in [0.1, 0.15) is 19.0 Å². The molecule has 4 heteroatoms. The van der Waals surface area contributed by atoms with E-state index >= 15 is 0 Å². The van der Waals surface area contributed by atoms with Crippen LogP contribution in [0.5, 0.6) is 0 Å². The second-order valence-corrected chi connectivity index (χ2v) is 2.94. The number of aromatic nitrogens is 2. The van der Waals surface area contributed by atoms with E-state index in [0.29, 0.717) is 5.82 Å². The molecule has 0 amide bonds. The topological polar surface area (TPSA) is 54.7 Å². The molecule has 0 aliphatic rings. The first-order valence-electron chi connectivity index (χ1n) is 3.24. The van der Waals surface area contributed by atoms with Gasteiger partial charge in [-0.15, -0.1) is 0 Å². The van der Waals surface area contributed by atoms with Gasteiger partial charge in [0.2, 0.25) is 0 Å². The molecule has 0 bridgehead atoms. The average Bonchev–Trinajstić information content (AvgIpc) is 2.20. The lowest BCUT2D eigenvalue weighted by Gasteiger charge is -1.91. The highest BCUT2D eigenvalue weighted by Crippen LogP contribution is 2.21. The highest BCUT2D eigenvalue weighted by atomic mass is 79.9. The molecule has 1 aromatic heterocycles. The molecule has 56 valence electrons. The average molecular weight is 204 g/mol. The van der Waals surface area contributed by atoms with Crippen LogP contribution < -0.4 is 5.73 Å². The van der Waals surface area contributed by atoms with Crippen molar-refractivity contribution in [3.8, 4) is 0 Å². The van der Waals surface area contributed by atoms with E-state index in [0.717, 1.165) is 23.0 Å². The molecular formula is C6H10BrN3. The number of H-pyrrole nitrogens is 1. The molecule has 0 atom stereocenters. The third kappa shape index (κ3) is 1.31. The number of nitrogens with one attached hydrogen (secondary N) is 1. The lowest BCUT2D eigenvalue weighted by atomic mass is 10.2. The van der Waals surface area contributed by atoms with Crippen LogP contribution >= 0.6 is 15.9 Å². The first-order valence-corrected chi connectivity index (χ1v) is 4.03. The minimum absolute atomic E-state index is 0.545. The summed E-state index contributed by atoms with van der Waals surface area (Å²) in [5, 5.41) is 6.69. The van der Waals surface area contributed by atoms with Gasteiger partial charge >= 0.3 is 0 Å². The van der Waals surface area contributed by atoms with E-state index in [2.05, 4.69) is 33.1 Å². The van der Waals surface area contributed by atoms with Gasteiger partial charge in [0, 0.05) is 0 Å². The zero-order chi connectivity index (χ0) is 7.56. The second-order valence-electron chi connectivity index (χ2n) is 2.15. The van der Waals surface area contributed by atoms with Gasteiger partial charge in [0.05, 0.1) is 10.2 Å². The number of aromatic amines is 1. The number of hydrogen-bond acceptors (Lipinski definition) is 2. The molecule has 0 aliphatic carbocycles. The Morgan fingerprint density at radius 1 is 1.70 bits per heavy atom.